The zero-order valence-electron chi connectivity index (χ0n) is 6.18. The number of pyridine rings is 1. The second-order valence-corrected chi connectivity index (χ2v) is 3.01. The first-order valence-corrected chi connectivity index (χ1v) is 4.01. The summed E-state index contributed by atoms with van der Waals surface area (Å²) in [5.41, 5.74) is -1.57. The molecular formula is C7H4BrF2NO2. The van der Waals surface area contributed by atoms with E-state index in [0.29, 0.717) is 6.29 Å². The summed E-state index contributed by atoms with van der Waals surface area (Å²) in [5, 5.41) is 0. The van der Waals surface area contributed by atoms with Crippen molar-refractivity contribution in [3.05, 3.63) is 32.2 Å². The van der Waals surface area contributed by atoms with Crippen LogP contribution < -0.4 is 5.43 Å². The van der Waals surface area contributed by atoms with Gasteiger partial charge in [0.2, 0.25) is 5.43 Å². The largest absolute Gasteiger partial charge is 0.357 e. The lowest BCUT2D eigenvalue weighted by Gasteiger charge is -2.00. The monoisotopic (exact) mass is 251 g/mol. The number of aromatic amines is 1. The van der Waals surface area contributed by atoms with E-state index in [1.165, 1.54) is 0 Å². The van der Waals surface area contributed by atoms with Gasteiger partial charge >= 0.3 is 0 Å². The second-order valence-electron chi connectivity index (χ2n) is 2.22. The van der Waals surface area contributed by atoms with E-state index in [4.69, 9.17) is 0 Å². The maximum Gasteiger partial charge on any atom is 0.269 e. The fourth-order valence-electron chi connectivity index (χ4n) is 0.781. The molecule has 13 heavy (non-hydrogen) atoms. The number of carbonyl (C=O) groups excluding carboxylic acids is 1. The van der Waals surface area contributed by atoms with Crippen molar-refractivity contribution in [1.29, 1.82) is 0 Å². The molecule has 0 aromatic carbocycles. The van der Waals surface area contributed by atoms with Crippen molar-refractivity contribution < 1.29 is 13.6 Å². The van der Waals surface area contributed by atoms with Crippen LogP contribution in [0, 0.1) is 0 Å². The van der Waals surface area contributed by atoms with Gasteiger partial charge in [-0.15, -0.1) is 0 Å². The van der Waals surface area contributed by atoms with Crippen LogP contribution in [-0.4, -0.2) is 11.3 Å². The summed E-state index contributed by atoms with van der Waals surface area (Å²) in [7, 11) is 0. The van der Waals surface area contributed by atoms with Crippen LogP contribution in [-0.2, 0) is 0 Å². The van der Waals surface area contributed by atoms with Crippen molar-refractivity contribution in [2.75, 3.05) is 0 Å². The Balaban J connectivity index is 3.40. The minimum atomic E-state index is -2.85. The number of rotatable bonds is 2. The number of aromatic nitrogens is 1. The molecule has 0 unspecified atom stereocenters. The van der Waals surface area contributed by atoms with E-state index < -0.39 is 17.4 Å². The maximum absolute atomic E-state index is 12.1. The Morgan fingerprint density at radius 2 is 2.15 bits per heavy atom. The maximum atomic E-state index is 12.1. The third-order valence-corrected chi connectivity index (χ3v) is 2.22. The van der Waals surface area contributed by atoms with Gasteiger partial charge in [-0.25, -0.2) is 8.78 Å². The highest BCUT2D eigenvalue weighted by Crippen LogP contribution is 2.17. The topological polar surface area (TPSA) is 49.9 Å². The number of hydrogen-bond acceptors (Lipinski definition) is 2. The van der Waals surface area contributed by atoms with E-state index in [1.807, 2.05) is 0 Å². The fraction of sp³-hybridized carbons (Fsp3) is 0.143. The predicted molar refractivity (Wildman–Crippen MR) is 45.1 cm³/mol. The molecule has 6 heteroatoms. The summed E-state index contributed by atoms with van der Waals surface area (Å²) in [6.07, 6.45) is -1.64. The summed E-state index contributed by atoms with van der Waals surface area (Å²) in [4.78, 5) is 23.6. The molecule has 0 aliphatic carbocycles. The van der Waals surface area contributed by atoms with Gasteiger partial charge < -0.3 is 4.98 Å². The zero-order chi connectivity index (χ0) is 10.0. The molecule has 0 spiro atoms. The molecule has 0 amide bonds. The number of carbonyl (C=O) groups is 1. The summed E-state index contributed by atoms with van der Waals surface area (Å²) in [6, 6.07) is 0. The lowest BCUT2D eigenvalue weighted by atomic mass is 10.2. The molecule has 0 bridgehead atoms. The van der Waals surface area contributed by atoms with Gasteiger partial charge in [-0.05, 0) is 15.9 Å². The van der Waals surface area contributed by atoms with Crippen LogP contribution in [0.4, 0.5) is 8.78 Å². The Labute approximate surface area is 79.9 Å². The number of nitrogens with one attached hydrogen (secondary N) is 1. The quantitative estimate of drug-likeness (QED) is 0.817. The van der Waals surface area contributed by atoms with E-state index >= 15 is 0 Å². The summed E-state index contributed by atoms with van der Waals surface area (Å²) >= 11 is 2.75. The molecule has 0 saturated heterocycles. The molecule has 3 nitrogen and oxygen atoms in total. The van der Waals surface area contributed by atoms with Crippen molar-refractivity contribution in [2.24, 2.45) is 0 Å². The van der Waals surface area contributed by atoms with E-state index in [9.17, 15) is 18.4 Å². The van der Waals surface area contributed by atoms with Gasteiger partial charge in [-0.2, -0.15) is 0 Å². The second kappa shape index (κ2) is 3.78. The third-order valence-electron chi connectivity index (χ3n) is 1.43. The first-order valence-electron chi connectivity index (χ1n) is 3.22. The van der Waals surface area contributed by atoms with Gasteiger partial charge in [0.05, 0.1) is 15.7 Å². The lowest BCUT2D eigenvalue weighted by Crippen LogP contribution is -2.13. The molecule has 0 atom stereocenters. The average Bonchev–Trinajstić information content (AvgIpc) is 2.09. The van der Waals surface area contributed by atoms with E-state index in [0.717, 1.165) is 6.20 Å². The summed E-state index contributed by atoms with van der Waals surface area (Å²) in [5.74, 6) is 0. The van der Waals surface area contributed by atoms with E-state index in [-0.39, 0.29) is 10.2 Å². The van der Waals surface area contributed by atoms with Crippen LogP contribution in [0.2, 0.25) is 0 Å². The molecule has 1 heterocycles. The van der Waals surface area contributed by atoms with Gasteiger partial charge in [-0.3, -0.25) is 9.59 Å². The van der Waals surface area contributed by atoms with Crippen LogP contribution in [0.5, 0.6) is 0 Å². The van der Waals surface area contributed by atoms with Crippen molar-refractivity contribution in [3.63, 3.8) is 0 Å². The standard InChI is InChI=1S/C7H4BrF2NO2/c8-5-4(2-12)11-1-3(6(5)13)7(9)10/h1-2,7H,(H,11,13). The Kier molecular flexibility index (Phi) is 2.92. The van der Waals surface area contributed by atoms with E-state index in [2.05, 4.69) is 20.9 Å². The Morgan fingerprint density at radius 1 is 1.54 bits per heavy atom. The highest BCUT2D eigenvalue weighted by Gasteiger charge is 2.15. The molecule has 1 N–H and O–H groups in total. The van der Waals surface area contributed by atoms with Crippen molar-refractivity contribution in [3.8, 4) is 0 Å². The minimum absolute atomic E-state index is 0.0469. The third kappa shape index (κ3) is 1.82. The highest BCUT2D eigenvalue weighted by molar-refractivity contribution is 9.10. The van der Waals surface area contributed by atoms with Crippen LogP contribution in [0.15, 0.2) is 15.5 Å². The minimum Gasteiger partial charge on any atom is -0.357 e. The molecule has 0 fully saturated rings. The fourth-order valence-corrected chi connectivity index (χ4v) is 1.22. The number of halogens is 3. The normalized spacial score (nSPS) is 10.5. The predicted octanol–water partition coefficient (Wildman–Crippen LogP) is 1.89. The van der Waals surface area contributed by atoms with Gasteiger partial charge in [0.1, 0.15) is 0 Å². The van der Waals surface area contributed by atoms with Crippen molar-refractivity contribution in [2.45, 2.75) is 6.43 Å². The molecule has 1 aromatic rings. The van der Waals surface area contributed by atoms with Gasteiger partial charge in [-0.1, -0.05) is 0 Å². The van der Waals surface area contributed by atoms with E-state index in [1.54, 1.807) is 0 Å². The molecular weight excluding hydrogens is 248 g/mol. The first kappa shape index (κ1) is 10.0. The number of H-pyrrole nitrogens is 1. The molecule has 1 aromatic heterocycles. The first-order chi connectivity index (χ1) is 6.07. The van der Waals surface area contributed by atoms with Crippen molar-refractivity contribution in [1.82, 2.24) is 4.98 Å². The smallest absolute Gasteiger partial charge is 0.269 e. The lowest BCUT2D eigenvalue weighted by molar-refractivity contribution is 0.111. The zero-order valence-corrected chi connectivity index (χ0v) is 7.77. The van der Waals surface area contributed by atoms with Crippen LogP contribution in [0.25, 0.3) is 0 Å². The van der Waals surface area contributed by atoms with Gasteiger partial charge in [0, 0.05) is 6.20 Å². The van der Waals surface area contributed by atoms with Gasteiger partial charge in [0.25, 0.3) is 6.43 Å². The molecule has 0 saturated carbocycles. The highest BCUT2D eigenvalue weighted by atomic mass is 79.9. The van der Waals surface area contributed by atoms with Crippen LogP contribution in [0.1, 0.15) is 22.5 Å². The van der Waals surface area contributed by atoms with Crippen molar-refractivity contribution >= 4 is 22.2 Å². The van der Waals surface area contributed by atoms with Crippen LogP contribution in [0.3, 0.4) is 0 Å². The Bertz CT molecular complexity index is 389. The van der Waals surface area contributed by atoms with Crippen LogP contribution >= 0.6 is 15.9 Å². The average molecular weight is 252 g/mol. The summed E-state index contributed by atoms with van der Waals surface area (Å²) in [6.45, 7) is 0. The molecule has 0 aliphatic rings. The SMILES string of the molecule is O=Cc1[nH]cc(C(F)F)c(=O)c1Br. The molecule has 0 aliphatic heterocycles. The molecule has 1 rings (SSSR count). The Morgan fingerprint density at radius 3 is 2.62 bits per heavy atom. The summed E-state index contributed by atoms with van der Waals surface area (Å²) < 4.78 is 24.1. The molecule has 0 radical (unpaired) electrons. The molecule has 70 valence electrons. The number of alkyl halides is 2. The number of aldehydes is 1. The number of hydrogen-bond donors (Lipinski definition) is 1. The van der Waals surface area contributed by atoms with Gasteiger partial charge in [0.15, 0.2) is 6.29 Å². The Hall–Kier alpha value is -1.04.